The number of hydrogen-bond donors (Lipinski definition) is 1. The number of piperidine rings is 1. The maximum Gasteiger partial charge on any atom is 0.307 e. The molecule has 0 bridgehead atoms. The largest absolute Gasteiger partial charge is 0.481 e. The minimum atomic E-state index is -0.766. The summed E-state index contributed by atoms with van der Waals surface area (Å²) in [5.41, 5.74) is 4.12. The number of carboxylic acid groups (broad SMARTS) is 1. The van der Waals surface area contributed by atoms with Crippen LogP contribution in [-0.2, 0) is 9.59 Å². The summed E-state index contributed by atoms with van der Waals surface area (Å²) in [6.07, 6.45) is 3.34. The molecule has 2 heterocycles. The Hall–Kier alpha value is -3.48. The number of hydrogen-bond acceptors (Lipinski definition) is 4. The van der Waals surface area contributed by atoms with Crippen LogP contribution in [0, 0.1) is 31.0 Å². The molecule has 6 nitrogen and oxygen atoms in total. The van der Waals surface area contributed by atoms with Crippen molar-refractivity contribution in [2.75, 3.05) is 13.1 Å². The van der Waals surface area contributed by atoms with Crippen LogP contribution < -0.4 is 4.74 Å². The highest BCUT2D eigenvalue weighted by molar-refractivity contribution is 5.96. The summed E-state index contributed by atoms with van der Waals surface area (Å²) in [6, 6.07) is 10.6. The van der Waals surface area contributed by atoms with E-state index in [1.807, 2.05) is 38.1 Å². The van der Waals surface area contributed by atoms with Gasteiger partial charge in [0.15, 0.2) is 6.10 Å². The van der Waals surface area contributed by atoms with E-state index in [4.69, 9.17) is 4.74 Å². The van der Waals surface area contributed by atoms with Crippen LogP contribution in [0.5, 0.6) is 5.75 Å². The fraction of sp³-hybridized carbons (Fsp3) is 0.393. The Labute approximate surface area is 203 Å². The lowest BCUT2D eigenvalue weighted by molar-refractivity contribution is -0.143. The van der Waals surface area contributed by atoms with Crippen molar-refractivity contribution < 1.29 is 23.8 Å². The van der Waals surface area contributed by atoms with E-state index in [-0.39, 0.29) is 23.1 Å². The first-order valence-electron chi connectivity index (χ1n) is 12.0. The van der Waals surface area contributed by atoms with E-state index in [1.54, 1.807) is 18.0 Å². The van der Waals surface area contributed by atoms with Crippen molar-refractivity contribution in [1.29, 1.82) is 0 Å². The maximum atomic E-state index is 13.8. The van der Waals surface area contributed by atoms with Gasteiger partial charge in [0.25, 0.3) is 5.91 Å². The van der Waals surface area contributed by atoms with E-state index in [9.17, 15) is 19.1 Å². The Morgan fingerprint density at radius 2 is 1.94 bits per heavy atom. The zero-order valence-corrected chi connectivity index (χ0v) is 20.2. The fourth-order valence-corrected chi connectivity index (χ4v) is 5.76. The SMILES string of the molecule is Cc1cc(F)cc(C)c1-c1ccnc2cc(O[C@H](C)C(=O)N3CCCC4(CC4C(=O)O)C3)ccc12. The minimum absolute atomic E-state index is 0.125. The molecule has 182 valence electrons. The Bertz CT molecular complexity index is 1320. The number of carbonyl (C=O) groups is 2. The number of aliphatic carboxylic acids is 1. The molecule has 3 aromatic rings. The quantitative estimate of drug-likeness (QED) is 0.552. The molecular formula is C28H29FN2O4. The predicted molar refractivity (Wildman–Crippen MR) is 131 cm³/mol. The number of pyridine rings is 1. The summed E-state index contributed by atoms with van der Waals surface area (Å²) in [7, 11) is 0. The molecule has 1 spiro atoms. The van der Waals surface area contributed by atoms with Crippen molar-refractivity contribution in [3.05, 3.63) is 59.5 Å². The highest BCUT2D eigenvalue weighted by atomic mass is 19.1. The molecule has 2 aromatic carbocycles. The molecule has 1 aromatic heterocycles. The van der Waals surface area contributed by atoms with E-state index >= 15 is 0 Å². The molecule has 7 heteroatoms. The van der Waals surface area contributed by atoms with Crippen molar-refractivity contribution in [2.24, 2.45) is 11.3 Å². The van der Waals surface area contributed by atoms with E-state index < -0.39 is 12.1 Å². The highest BCUT2D eigenvalue weighted by Crippen LogP contribution is 2.58. The van der Waals surface area contributed by atoms with Crippen molar-refractivity contribution >= 4 is 22.8 Å². The summed E-state index contributed by atoms with van der Waals surface area (Å²) in [6.45, 7) is 6.63. The molecule has 2 fully saturated rings. The van der Waals surface area contributed by atoms with Gasteiger partial charge in [0.2, 0.25) is 0 Å². The second-order valence-electron chi connectivity index (χ2n) is 10.0. The Balaban J connectivity index is 1.35. The summed E-state index contributed by atoms with van der Waals surface area (Å²) in [5.74, 6) is -0.950. The summed E-state index contributed by atoms with van der Waals surface area (Å²) < 4.78 is 19.8. The number of carbonyl (C=O) groups excluding carboxylic acids is 1. The van der Waals surface area contributed by atoms with Crippen LogP contribution in [0.2, 0.25) is 0 Å². The molecule has 2 aliphatic rings. The Kier molecular flexibility index (Phi) is 5.74. The molecule has 0 radical (unpaired) electrons. The molecule has 1 saturated heterocycles. The molecule has 1 aliphatic heterocycles. The number of nitrogens with zero attached hydrogens (tertiary/aromatic N) is 2. The van der Waals surface area contributed by atoms with Gasteiger partial charge in [-0.2, -0.15) is 0 Å². The lowest BCUT2D eigenvalue weighted by Gasteiger charge is -2.35. The van der Waals surface area contributed by atoms with Gasteiger partial charge in [0.05, 0.1) is 11.4 Å². The highest BCUT2D eigenvalue weighted by Gasteiger charge is 2.60. The fourth-order valence-electron chi connectivity index (χ4n) is 5.76. The molecule has 3 atom stereocenters. The summed E-state index contributed by atoms with van der Waals surface area (Å²) in [4.78, 5) is 30.8. The number of likely N-dealkylation sites (tertiary alicyclic amines) is 1. The zero-order chi connectivity index (χ0) is 24.9. The third-order valence-electron chi connectivity index (χ3n) is 7.55. The average Bonchev–Trinajstić information content (AvgIpc) is 3.50. The molecule has 35 heavy (non-hydrogen) atoms. The van der Waals surface area contributed by atoms with Gasteiger partial charge >= 0.3 is 5.97 Å². The first kappa shape index (κ1) is 23.3. The van der Waals surface area contributed by atoms with E-state index in [2.05, 4.69) is 4.98 Å². The molecule has 1 saturated carbocycles. The van der Waals surface area contributed by atoms with E-state index in [0.717, 1.165) is 46.0 Å². The van der Waals surface area contributed by atoms with Crippen molar-refractivity contribution in [1.82, 2.24) is 9.88 Å². The van der Waals surface area contributed by atoms with Gasteiger partial charge in [-0.1, -0.05) is 0 Å². The third-order valence-corrected chi connectivity index (χ3v) is 7.55. The smallest absolute Gasteiger partial charge is 0.307 e. The first-order valence-corrected chi connectivity index (χ1v) is 12.0. The van der Waals surface area contributed by atoms with Gasteiger partial charge in [-0.25, -0.2) is 4.39 Å². The molecule has 2 unspecified atom stereocenters. The van der Waals surface area contributed by atoms with Crippen molar-refractivity contribution in [2.45, 2.75) is 46.1 Å². The van der Waals surface area contributed by atoms with Gasteiger partial charge in [-0.05, 0) is 92.6 Å². The van der Waals surface area contributed by atoms with Gasteiger partial charge < -0.3 is 14.7 Å². The number of aromatic nitrogens is 1. The summed E-state index contributed by atoms with van der Waals surface area (Å²) in [5, 5.41) is 10.3. The van der Waals surface area contributed by atoms with Gasteiger partial charge in [0.1, 0.15) is 11.6 Å². The first-order chi connectivity index (χ1) is 16.7. The number of benzene rings is 2. The van der Waals surface area contributed by atoms with Crippen molar-refractivity contribution in [3.8, 4) is 16.9 Å². The number of rotatable bonds is 5. The van der Waals surface area contributed by atoms with E-state index in [1.165, 1.54) is 12.1 Å². The van der Waals surface area contributed by atoms with Crippen LogP contribution in [0.1, 0.15) is 37.3 Å². The number of ether oxygens (including phenoxy) is 1. The zero-order valence-electron chi connectivity index (χ0n) is 20.2. The number of carboxylic acids is 1. The van der Waals surface area contributed by atoms with Crippen molar-refractivity contribution in [3.63, 3.8) is 0 Å². The molecule has 1 N–H and O–H groups in total. The standard InChI is InChI=1S/C28H29FN2O4/c1-16-11-19(29)12-17(2)25(16)22-7-9-30-24-13-20(5-6-21(22)24)35-18(3)26(32)31-10-4-8-28(15-31)14-23(28)27(33)34/h5-7,9,11-13,18,23H,4,8,10,14-15H2,1-3H3,(H,33,34)/t18-,23?,28?/m1/s1. The molecule has 1 aliphatic carbocycles. The van der Waals surface area contributed by atoms with Crippen LogP contribution in [0.25, 0.3) is 22.0 Å². The van der Waals surface area contributed by atoms with Gasteiger partial charge in [-0.15, -0.1) is 0 Å². The Morgan fingerprint density at radius 1 is 1.20 bits per heavy atom. The minimum Gasteiger partial charge on any atom is -0.481 e. The topological polar surface area (TPSA) is 79.7 Å². The lowest BCUT2D eigenvalue weighted by atomic mass is 9.92. The van der Waals surface area contributed by atoms with Crippen LogP contribution in [0.3, 0.4) is 0 Å². The van der Waals surface area contributed by atoms with Crippen LogP contribution in [0.4, 0.5) is 4.39 Å². The van der Waals surface area contributed by atoms with Crippen LogP contribution in [-0.4, -0.2) is 46.1 Å². The normalized spacial score (nSPS) is 22.3. The van der Waals surface area contributed by atoms with E-state index in [0.29, 0.717) is 25.3 Å². The number of halogens is 1. The lowest BCUT2D eigenvalue weighted by Crippen LogP contribution is -2.47. The predicted octanol–water partition coefficient (Wildman–Crippen LogP) is 5.14. The Morgan fingerprint density at radius 3 is 2.63 bits per heavy atom. The van der Waals surface area contributed by atoms with Crippen LogP contribution >= 0.6 is 0 Å². The average molecular weight is 477 g/mol. The number of fused-ring (bicyclic) bond motifs is 1. The van der Waals surface area contributed by atoms with Gasteiger partial charge in [-0.3, -0.25) is 14.6 Å². The van der Waals surface area contributed by atoms with Gasteiger partial charge in [0, 0.05) is 36.2 Å². The molecule has 5 rings (SSSR count). The molecule has 1 amide bonds. The summed E-state index contributed by atoms with van der Waals surface area (Å²) >= 11 is 0. The monoisotopic (exact) mass is 476 g/mol. The molecular weight excluding hydrogens is 447 g/mol. The second-order valence-corrected chi connectivity index (χ2v) is 10.0. The maximum absolute atomic E-state index is 13.8. The second kappa shape index (κ2) is 8.63. The number of aryl methyl sites for hydroxylation is 2. The van der Waals surface area contributed by atoms with Crippen LogP contribution in [0.15, 0.2) is 42.6 Å². The third kappa shape index (κ3) is 4.24. The number of amides is 1.